The second-order valence-corrected chi connectivity index (χ2v) is 3.31. The molecule has 1 aliphatic carbocycles. The van der Waals surface area contributed by atoms with Gasteiger partial charge in [0.25, 0.3) is 0 Å². The Labute approximate surface area is 80.7 Å². The summed E-state index contributed by atoms with van der Waals surface area (Å²) in [6.07, 6.45) is -0.271. The van der Waals surface area contributed by atoms with E-state index in [2.05, 4.69) is 0 Å². The zero-order valence-corrected chi connectivity index (χ0v) is 7.69. The SMILES string of the molecule is Cl.NC(CC1CC(F)(F)C1)C(=O)O. The number of aliphatic carboxylic acids is 1. The molecule has 6 heteroatoms. The highest BCUT2D eigenvalue weighted by molar-refractivity contribution is 5.85. The Balaban J connectivity index is 0.00000144. The van der Waals surface area contributed by atoms with Gasteiger partial charge in [-0.1, -0.05) is 0 Å². The molecule has 3 N–H and O–H groups in total. The van der Waals surface area contributed by atoms with Crippen molar-refractivity contribution in [3.8, 4) is 0 Å². The van der Waals surface area contributed by atoms with Crippen molar-refractivity contribution in [2.75, 3.05) is 0 Å². The van der Waals surface area contributed by atoms with Gasteiger partial charge in [0.05, 0.1) is 0 Å². The second-order valence-electron chi connectivity index (χ2n) is 3.31. The van der Waals surface area contributed by atoms with Gasteiger partial charge >= 0.3 is 5.97 Å². The Bertz CT molecular complexity index is 193. The summed E-state index contributed by atoms with van der Waals surface area (Å²) in [6.45, 7) is 0. The third-order valence-electron chi connectivity index (χ3n) is 2.08. The standard InChI is InChI=1S/C7H11F2NO2.ClH/c8-7(9)2-4(3-7)1-5(10)6(11)12;/h4-5H,1-3,10H2,(H,11,12);1H. The largest absolute Gasteiger partial charge is 0.480 e. The lowest BCUT2D eigenvalue weighted by molar-refractivity contribution is -0.142. The quantitative estimate of drug-likeness (QED) is 0.745. The van der Waals surface area contributed by atoms with Crippen LogP contribution in [0.2, 0.25) is 0 Å². The smallest absolute Gasteiger partial charge is 0.320 e. The molecule has 3 nitrogen and oxygen atoms in total. The minimum absolute atomic E-state index is 0. The van der Waals surface area contributed by atoms with Crippen LogP contribution in [0.15, 0.2) is 0 Å². The lowest BCUT2D eigenvalue weighted by Gasteiger charge is -2.35. The molecule has 1 saturated carbocycles. The van der Waals surface area contributed by atoms with Crippen molar-refractivity contribution in [1.29, 1.82) is 0 Å². The van der Waals surface area contributed by atoms with Crippen LogP contribution in [-0.2, 0) is 4.79 Å². The van der Waals surface area contributed by atoms with Gasteiger partial charge in [-0.05, 0) is 12.3 Å². The lowest BCUT2D eigenvalue weighted by atomic mass is 9.77. The highest BCUT2D eigenvalue weighted by atomic mass is 35.5. The molecule has 1 unspecified atom stereocenters. The number of hydrogen-bond donors (Lipinski definition) is 2. The van der Waals surface area contributed by atoms with Crippen LogP contribution in [0.25, 0.3) is 0 Å². The first-order chi connectivity index (χ1) is 5.41. The van der Waals surface area contributed by atoms with Crippen molar-refractivity contribution in [2.24, 2.45) is 11.7 Å². The van der Waals surface area contributed by atoms with Gasteiger partial charge < -0.3 is 10.8 Å². The van der Waals surface area contributed by atoms with E-state index in [1.54, 1.807) is 0 Å². The van der Waals surface area contributed by atoms with Crippen LogP contribution in [0, 0.1) is 5.92 Å². The summed E-state index contributed by atoms with van der Waals surface area (Å²) in [7, 11) is 0. The van der Waals surface area contributed by atoms with Crippen molar-refractivity contribution in [3.63, 3.8) is 0 Å². The number of hydrogen-bond acceptors (Lipinski definition) is 2. The molecular weight excluding hydrogens is 204 g/mol. The normalized spacial score (nSPS) is 22.7. The van der Waals surface area contributed by atoms with E-state index in [1.807, 2.05) is 0 Å². The molecule has 0 spiro atoms. The number of halogens is 3. The lowest BCUT2D eigenvalue weighted by Crippen LogP contribution is -2.41. The molecule has 0 amide bonds. The van der Waals surface area contributed by atoms with Crippen LogP contribution in [0.3, 0.4) is 0 Å². The molecule has 0 radical (unpaired) electrons. The van der Waals surface area contributed by atoms with Gasteiger partial charge in [-0.25, -0.2) is 8.78 Å². The Morgan fingerprint density at radius 1 is 1.62 bits per heavy atom. The molecule has 0 heterocycles. The molecule has 1 atom stereocenters. The molecule has 0 saturated heterocycles. The molecule has 1 aliphatic rings. The monoisotopic (exact) mass is 215 g/mol. The minimum Gasteiger partial charge on any atom is -0.480 e. The number of carboxylic acids is 1. The van der Waals surface area contributed by atoms with Crippen LogP contribution < -0.4 is 5.73 Å². The van der Waals surface area contributed by atoms with E-state index in [1.165, 1.54) is 0 Å². The van der Waals surface area contributed by atoms with Crippen molar-refractivity contribution in [1.82, 2.24) is 0 Å². The molecule has 0 bridgehead atoms. The van der Waals surface area contributed by atoms with Gasteiger partial charge in [-0.15, -0.1) is 12.4 Å². The molecule has 0 aromatic heterocycles. The Hall–Kier alpha value is -0.420. The van der Waals surface area contributed by atoms with Gasteiger partial charge in [-0.2, -0.15) is 0 Å². The zero-order chi connectivity index (χ0) is 9.35. The maximum absolute atomic E-state index is 12.3. The number of carboxylic acid groups (broad SMARTS) is 1. The Morgan fingerprint density at radius 2 is 2.08 bits per heavy atom. The molecule has 0 aliphatic heterocycles. The van der Waals surface area contributed by atoms with Crippen LogP contribution in [0.5, 0.6) is 0 Å². The maximum Gasteiger partial charge on any atom is 0.320 e. The predicted molar refractivity (Wildman–Crippen MR) is 45.1 cm³/mol. The third-order valence-corrected chi connectivity index (χ3v) is 2.08. The first kappa shape index (κ1) is 12.6. The fourth-order valence-electron chi connectivity index (χ4n) is 1.41. The topological polar surface area (TPSA) is 63.3 Å². The Kier molecular flexibility index (Phi) is 4.06. The van der Waals surface area contributed by atoms with Crippen LogP contribution in [0.1, 0.15) is 19.3 Å². The van der Waals surface area contributed by atoms with E-state index in [0.717, 1.165) is 0 Å². The van der Waals surface area contributed by atoms with E-state index < -0.39 is 17.9 Å². The first-order valence-electron chi connectivity index (χ1n) is 3.77. The maximum atomic E-state index is 12.3. The van der Waals surface area contributed by atoms with E-state index in [-0.39, 0.29) is 37.6 Å². The number of rotatable bonds is 3. The average Bonchev–Trinajstić information content (AvgIpc) is 1.83. The summed E-state index contributed by atoms with van der Waals surface area (Å²) in [5, 5.41) is 8.37. The van der Waals surface area contributed by atoms with E-state index in [4.69, 9.17) is 10.8 Å². The van der Waals surface area contributed by atoms with E-state index in [0.29, 0.717) is 0 Å². The van der Waals surface area contributed by atoms with E-state index in [9.17, 15) is 13.6 Å². The van der Waals surface area contributed by atoms with Gasteiger partial charge in [0.2, 0.25) is 5.92 Å². The molecule has 0 aromatic rings. The highest BCUT2D eigenvalue weighted by Crippen LogP contribution is 2.44. The Morgan fingerprint density at radius 3 is 2.38 bits per heavy atom. The van der Waals surface area contributed by atoms with Crippen LogP contribution in [0.4, 0.5) is 8.78 Å². The average molecular weight is 216 g/mol. The molecule has 78 valence electrons. The number of carbonyl (C=O) groups is 1. The summed E-state index contributed by atoms with van der Waals surface area (Å²) in [6, 6.07) is -0.994. The molecule has 1 fully saturated rings. The molecule has 13 heavy (non-hydrogen) atoms. The zero-order valence-electron chi connectivity index (χ0n) is 6.87. The molecule has 1 rings (SSSR count). The van der Waals surface area contributed by atoms with Gasteiger partial charge in [-0.3, -0.25) is 4.79 Å². The summed E-state index contributed by atoms with van der Waals surface area (Å²) in [5.41, 5.74) is 5.17. The third kappa shape index (κ3) is 3.44. The highest BCUT2D eigenvalue weighted by Gasteiger charge is 2.45. The van der Waals surface area contributed by atoms with Crippen molar-refractivity contribution in [2.45, 2.75) is 31.2 Å². The van der Waals surface area contributed by atoms with Gasteiger partial charge in [0.15, 0.2) is 0 Å². The summed E-state index contributed by atoms with van der Waals surface area (Å²) in [5.74, 6) is -3.92. The molecule has 0 aromatic carbocycles. The van der Waals surface area contributed by atoms with Gasteiger partial charge in [0, 0.05) is 12.8 Å². The fourth-order valence-corrected chi connectivity index (χ4v) is 1.41. The van der Waals surface area contributed by atoms with Crippen LogP contribution in [-0.4, -0.2) is 23.0 Å². The number of alkyl halides is 2. The number of nitrogens with two attached hydrogens (primary N) is 1. The molecular formula is C7H12ClF2NO2. The van der Waals surface area contributed by atoms with Crippen LogP contribution >= 0.6 is 12.4 Å². The first-order valence-corrected chi connectivity index (χ1v) is 3.77. The summed E-state index contributed by atoms with van der Waals surface area (Å²) >= 11 is 0. The van der Waals surface area contributed by atoms with Crippen molar-refractivity contribution in [3.05, 3.63) is 0 Å². The summed E-state index contributed by atoms with van der Waals surface area (Å²) < 4.78 is 24.5. The minimum atomic E-state index is -2.58. The van der Waals surface area contributed by atoms with Crippen molar-refractivity contribution < 1.29 is 18.7 Å². The summed E-state index contributed by atoms with van der Waals surface area (Å²) in [4.78, 5) is 10.2. The van der Waals surface area contributed by atoms with Gasteiger partial charge in [0.1, 0.15) is 6.04 Å². The fraction of sp³-hybridized carbons (Fsp3) is 0.857. The van der Waals surface area contributed by atoms with Crippen molar-refractivity contribution >= 4 is 18.4 Å². The second kappa shape index (κ2) is 4.19. The van der Waals surface area contributed by atoms with E-state index >= 15 is 0 Å². The predicted octanol–water partition coefficient (Wildman–Crippen LogP) is 1.26.